The van der Waals surface area contributed by atoms with Crippen LogP contribution in [0.2, 0.25) is 0 Å². The van der Waals surface area contributed by atoms with Crippen molar-refractivity contribution in [2.24, 2.45) is 5.92 Å². The third-order valence-electron chi connectivity index (χ3n) is 4.91. The van der Waals surface area contributed by atoms with Gasteiger partial charge in [0.2, 0.25) is 5.91 Å². The van der Waals surface area contributed by atoms with Crippen molar-refractivity contribution in [2.45, 2.75) is 39.2 Å². The van der Waals surface area contributed by atoms with Crippen LogP contribution in [0.1, 0.15) is 33.1 Å². The lowest BCUT2D eigenvalue weighted by Gasteiger charge is -2.32. The third-order valence-corrected chi connectivity index (χ3v) is 4.91. The first-order chi connectivity index (χ1) is 12.2. The smallest absolute Gasteiger partial charge is 0.223 e. The van der Waals surface area contributed by atoms with Crippen LogP contribution in [-0.2, 0) is 4.79 Å². The maximum atomic E-state index is 12.3. The molecule has 1 N–H and O–H groups in total. The lowest BCUT2D eigenvalue weighted by Crippen LogP contribution is -2.43. The molecule has 0 spiro atoms. The Morgan fingerprint density at radius 2 is 1.88 bits per heavy atom. The van der Waals surface area contributed by atoms with Gasteiger partial charge in [0.05, 0.1) is 5.69 Å². The van der Waals surface area contributed by atoms with Crippen molar-refractivity contribution < 1.29 is 4.79 Å². The van der Waals surface area contributed by atoms with Crippen LogP contribution in [0.15, 0.2) is 42.5 Å². The summed E-state index contributed by atoms with van der Waals surface area (Å²) in [6.45, 7) is 5.83. The second-order valence-electron chi connectivity index (χ2n) is 6.72. The van der Waals surface area contributed by atoms with Crippen molar-refractivity contribution in [2.75, 3.05) is 18.0 Å². The predicted octanol–water partition coefficient (Wildman–Crippen LogP) is 3.27. The summed E-state index contributed by atoms with van der Waals surface area (Å²) in [5, 5.41) is 11.8. The fourth-order valence-electron chi connectivity index (χ4n) is 3.09. The number of piperidine rings is 1. The van der Waals surface area contributed by atoms with Gasteiger partial charge in [0, 0.05) is 30.6 Å². The number of rotatable bonds is 5. The largest absolute Gasteiger partial charge is 0.355 e. The second kappa shape index (κ2) is 8.10. The zero-order valence-electron chi connectivity index (χ0n) is 15.0. The fraction of sp³-hybridized carbons (Fsp3) is 0.450. The number of anilines is 1. The molecule has 3 rings (SSSR count). The number of carbonyl (C=O) groups excluding carboxylic acids is 1. The summed E-state index contributed by atoms with van der Waals surface area (Å²) in [6, 6.07) is 14.3. The van der Waals surface area contributed by atoms with E-state index in [9.17, 15) is 4.79 Å². The Morgan fingerprint density at radius 3 is 2.48 bits per heavy atom. The lowest BCUT2D eigenvalue weighted by molar-refractivity contribution is -0.126. The Hall–Kier alpha value is -2.43. The van der Waals surface area contributed by atoms with Gasteiger partial charge in [0.1, 0.15) is 0 Å². The summed E-state index contributed by atoms with van der Waals surface area (Å²) in [7, 11) is 0. The van der Waals surface area contributed by atoms with E-state index in [0.29, 0.717) is 0 Å². The molecular weight excluding hydrogens is 312 g/mol. The van der Waals surface area contributed by atoms with Crippen molar-refractivity contribution in [3.63, 3.8) is 0 Å². The average molecular weight is 338 g/mol. The first-order valence-electron chi connectivity index (χ1n) is 9.12. The van der Waals surface area contributed by atoms with Crippen LogP contribution in [0.3, 0.4) is 0 Å². The molecule has 5 nitrogen and oxygen atoms in total. The van der Waals surface area contributed by atoms with Gasteiger partial charge in [-0.3, -0.25) is 4.79 Å². The van der Waals surface area contributed by atoms with E-state index in [1.165, 1.54) is 0 Å². The van der Waals surface area contributed by atoms with Gasteiger partial charge in [-0.25, -0.2) is 0 Å². The molecule has 1 fully saturated rings. The van der Waals surface area contributed by atoms with Gasteiger partial charge in [0.25, 0.3) is 0 Å². The number of hydrogen-bond acceptors (Lipinski definition) is 4. The summed E-state index contributed by atoms with van der Waals surface area (Å²) in [5.41, 5.74) is 1.95. The number of aromatic nitrogens is 2. The molecule has 132 valence electrons. The molecule has 0 aliphatic carbocycles. The minimum absolute atomic E-state index is 0.113. The van der Waals surface area contributed by atoms with Crippen molar-refractivity contribution >= 4 is 11.7 Å². The van der Waals surface area contributed by atoms with Gasteiger partial charge in [-0.05, 0) is 38.3 Å². The highest BCUT2D eigenvalue weighted by atomic mass is 16.1. The van der Waals surface area contributed by atoms with Gasteiger partial charge in [-0.2, -0.15) is 0 Å². The number of carbonyl (C=O) groups is 1. The molecule has 1 amide bonds. The molecule has 1 aliphatic heterocycles. The molecule has 2 heterocycles. The Morgan fingerprint density at radius 1 is 1.16 bits per heavy atom. The highest BCUT2D eigenvalue weighted by Gasteiger charge is 2.26. The molecule has 1 aromatic heterocycles. The molecule has 1 aliphatic rings. The van der Waals surface area contributed by atoms with Gasteiger partial charge < -0.3 is 10.2 Å². The Bertz CT molecular complexity index is 679. The van der Waals surface area contributed by atoms with E-state index >= 15 is 0 Å². The highest BCUT2D eigenvalue weighted by Crippen LogP contribution is 2.23. The number of hydrogen-bond donors (Lipinski definition) is 1. The van der Waals surface area contributed by atoms with Crippen molar-refractivity contribution in [3.05, 3.63) is 42.5 Å². The maximum Gasteiger partial charge on any atom is 0.223 e. The summed E-state index contributed by atoms with van der Waals surface area (Å²) < 4.78 is 0. The Kier molecular flexibility index (Phi) is 5.64. The van der Waals surface area contributed by atoms with Gasteiger partial charge in [-0.15, -0.1) is 10.2 Å². The van der Waals surface area contributed by atoms with E-state index in [1.807, 2.05) is 42.5 Å². The standard InChI is InChI=1S/C20H26N4O/c1-3-15(2)21-20(25)17-11-13-24(14-12-17)19-10-9-18(22-23-19)16-7-5-4-6-8-16/h4-10,15,17H,3,11-14H2,1-2H3,(H,21,25)/t15-/m1/s1. The number of nitrogens with zero attached hydrogens (tertiary/aromatic N) is 3. The van der Waals surface area contributed by atoms with Crippen LogP contribution in [0, 0.1) is 5.92 Å². The molecule has 1 atom stereocenters. The summed E-state index contributed by atoms with van der Waals surface area (Å²) in [5.74, 6) is 1.20. The summed E-state index contributed by atoms with van der Waals surface area (Å²) in [6.07, 6.45) is 2.70. The van der Waals surface area contributed by atoms with E-state index in [0.717, 1.165) is 49.4 Å². The number of benzene rings is 1. The number of nitrogens with one attached hydrogen (secondary N) is 1. The van der Waals surface area contributed by atoms with Crippen molar-refractivity contribution in [1.29, 1.82) is 0 Å². The molecule has 0 bridgehead atoms. The Labute approximate surface area is 149 Å². The first-order valence-corrected chi connectivity index (χ1v) is 9.12. The zero-order valence-corrected chi connectivity index (χ0v) is 15.0. The minimum Gasteiger partial charge on any atom is -0.355 e. The fourth-order valence-corrected chi connectivity index (χ4v) is 3.09. The van der Waals surface area contributed by atoms with Crippen LogP contribution >= 0.6 is 0 Å². The molecule has 0 saturated carbocycles. The van der Waals surface area contributed by atoms with Crippen molar-refractivity contribution in [3.8, 4) is 11.3 Å². The number of amides is 1. The van der Waals surface area contributed by atoms with E-state index in [4.69, 9.17) is 0 Å². The van der Waals surface area contributed by atoms with E-state index in [1.54, 1.807) is 0 Å². The summed E-state index contributed by atoms with van der Waals surface area (Å²) in [4.78, 5) is 14.5. The topological polar surface area (TPSA) is 58.1 Å². The van der Waals surface area contributed by atoms with Crippen LogP contribution in [0.4, 0.5) is 5.82 Å². The molecule has 2 aromatic rings. The lowest BCUT2D eigenvalue weighted by atomic mass is 9.95. The zero-order chi connectivity index (χ0) is 17.6. The van der Waals surface area contributed by atoms with Crippen LogP contribution in [-0.4, -0.2) is 35.2 Å². The Balaban J connectivity index is 1.57. The van der Waals surface area contributed by atoms with Crippen LogP contribution in [0.5, 0.6) is 0 Å². The van der Waals surface area contributed by atoms with E-state index < -0.39 is 0 Å². The molecular formula is C20H26N4O. The normalized spacial score (nSPS) is 16.5. The van der Waals surface area contributed by atoms with Gasteiger partial charge in [0.15, 0.2) is 5.82 Å². The molecule has 0 unspecified atom stereocenters. The average Bonchev–Trinajstić information content (AvgIpc) is 2.69. The minimum atomic E-state index is 0.113. The molecule has 0 radical (unpaired) electrons. The van der Waals surface area contributed by atoms with Crippen LogP contribution in [0.25, 0.3) is 11.3 Å². The maximum absolute atomic E-state index is 12.3. The van der Waals surface area contributed by atoms with E-state index in [-0.39, 0.29) is 17.9 Å². The molecule has 1 aromatic carbocycles. The second-order valence-corrected chi connectivity index (χ2v) is 6.72. The predicted molar refractivity (Wildman–Crippen MR) is 100 cm³/mol. The molecule has 1 saturated heterocycles. The van der Waals surface area contributed by atoms with Crippen LogP contribution < -0.4 is 10.2 Å². The van der Waals surface area contributed by atoms with Gasteiger partial charge >= 0.3 is 0 Å². The molecule has 5 heteroatoms. The summed E-state index contributed by atoms with van der Waals surface area (Å²) >= 11 is 0. The van der Waals surface area contributed by atoms with Gasteiger partial charge in [-0.1, -0.05) is 37.3 Å². The molecule has 25 heavy (non-hydrogen) atoms. The third kappa shape index (κ3) is 4.35. The quantitative estimate of drug-likeness (QED) is 0.909. The van der Waals surface area contributed by atoms with Crippen molar-refractivity contribution in [1.82, 2.24) is 15.5 Å². The SMILES string of the molecule is CC[C@@H](C)NC(=O)C1CCN(c2ccc(-c3ccccc3)nn2)CC1. The highest BCUT2D eigenvalue weighted by molar-refractivity contribution is 5.79. The monoisotopic (exact) mass is 338 g/mol. The first kappa shape index (κ1) is 17.4. The van der Waals surface area contributed by atoms with E-state index in [2.05, 4.69) is 34.3 Å².